The van der Waals surface area contributed by atoms with Gasteiger partial charge < -0.3 is 10.7 Å². The molecule has 3 N–H and O–H groups in total. The summed E-state index contributed by atoms with van der Waals surface area (Å²) in [6.45, 7) is 0.0978. The minimum absolute atomic E-state index is 0.0205. The Balaban J connectivity index is 1.59. The van der Waals surface area contributed by atoms with E-state index in [1.165, 1.54) is 16.4 Å². The quantitative estimate of drug-likeness (QED) is 0.405. The third-order valence-corrected chi connectivity index (χ3v) is 8.65. The van der Waals surface area contributed by atoms with Gasteiger partial charge in [0.1, 0.15) is 11.6 Å². The van der Waals surface area contributed by atoms with E-state index >= 15 is 0 Å². The van der Waals surface area contributed by atoms with Crippen LogP contribution in [0.2, 0.25) is 5.02 Å². The normalized spacial score (nSPS) is 19.1. The van der Waals surface area contributed by atoms with E-state index in [1.807, 2.05) is 24.3 Å². The zero-order chi connectivity index (χ0) is 24.7. The van der Waals surface area contributed by atoms with Gasteiger partial charge in [0.2, 0.25) is 15.9 Å². The van der Waals surface area contributed by atoms with Crippen LogP contribution in [-0.2, 0) is 14.8 Å². The lowest BCUT2D eigenvalue weighted by molar-refractivity contribution is -0.123. The molecule has 1 fully saturated rings. The van der Waals surface area contributed by atoms with Crippen LogP contribution >= 0.6 is 11.6 Å². The summed E-state index contributed by atoms with van der Waals surface area (Å²) in [6, 6.07) is 16.8. The van der Waals surface area contributed by atoms with Crippen molar-refractivity contribution in [3.8, 4) is 11.4 Å². The van der Waals surface area contributed by atoms with E-state index in [9.17, 15) is 17.6 Å². The van der Waals surface area contributed by atoms with Gasteiger partial charge in [0.15, 0.2) is 0 Å². The number of fused-ring (bicyclic) bond motifs is 1. The van der Waals surface area contributed by atoms with Gasteiger partial charge in [-0.05, 0) is 66.9 Å². The molecule has 4 aromatic rings. The SMILES string of the molecule is NC(=O)C1CCN(S(=O)(=O)c2ccc(F)cc2)C(c2ccc(Cl)c(-c3nc4ccccc4[nH]3)c2)C1. The molecule has 1 amide bonds. The van der Waals surface area contributed by atoms with Gasteiger partial charge in [-0.25, -0.2) is 17.8 Å². The molecule has 1 aliphatic rings. The molecule has 2 heterocycles. The number of halogens is 2. The lowest BCUT2D eigenvalue weighted by atomic mass is 9.88. The summed E-state index contributed by atoms with van der Waals surface area (Å²) in [7, 11) is -3.98. The number of nitrogens with zero attached hydrogens (tertiary/aromatic N) is 2. The Morgan fingerprint density at radius 1 is 1.11 bits per heavy atom. The van der Waals surface area contributed by atoms with Crippen LogP contribution < -0.4 is 5.73 Å². The van der Waals surface area contributed by atoms with Crippen LogP contribution in [-0.4, -0.2) is 35.1 Å². The number of aromatic nitrogens is 2. The highest BCUT2D eigenvalue weighted by molar-refractivity contribution is 7.89. The number of piperidine rings is 1. The molecule has 0 aliphatic carbocycles. The highest BCUT2D eigenvalue weighted by Crippen LogP contribution is 2.40. The van der Waals surface area contributed by atoms with Crippen LogP contribution in [0.3, 0.4) is 0 Å². The molecule has 1 aromatic heterocycles. The Kier molecular flexibility index (Phi) is 6.08. The van der Waals surface area contributed by atoms with E-state index < -0.39 is 33.7 Å². The predicted molar refractivity (Wildman–Crippen MR) is 131 cm³/mol. The summed E-state index contributed by atoms with van der Waals surface area (Å²) in [5.41, 5.74) is 8.48. The number of hydrogen-bond acceptors (Lipinski definition) is 4. The van der Waals surface area contributed by atoms with Crippen LogP contribution in [0, 0.1) is 11.7 Å². The van der Waals surface area contributed by atoms with Crippen LogP contribution in [0.5, 0.6) is 0 Å². The minimum Gasteiger partial charge on any atom is -0.369 e. The summed E-state index contributed by atoms with van der Waals surface area (Å²) in [5.74, 6) is -0.931. The maximum atomic E-state index is 13.5. The Hall–Kier alpha value is -3.27. The predicted octanol–water partition coefficient (Wildman–Crippen LogP) is 4.65. The average Bonchev–Trinajstić information content (AvgIpc) is 3.28. The second-order valence-corrected chi connectivity index (χ2v) is 10.8. The summed E-state index contributed by atoms with van der Waals surface area (Å²) in [6.07, 6.45) is 0.521. The first-order valence-electron chi connectivity index (χ1n) is 11.1. The summed E-state index contributed by atoms with van der Waals surface area (Å²) in [4.78, 5) is 19.9. The molecular formula is C25H22ClFN4O3S. The lowest BCUT2D eigenvalue weighted by Gasteiger charge is -2.38. The van der Waals surface area contributed by atoms with E-state index in [0.717, 1.165) is 23.2 Å². The van der Waals surface area contributed by atoms with Crippen molar-refractivity contribution in [3.05, 3.63) is 83.1 Å². The first kappa shape index (κ1) is 23.5. The molecule has 2 atom stereocenters. The Bertz CT molecular complexity index is 1490. The van der Waals surface area contributed by atoms with Gasteiger partial charge in [0, 0.05) is 18.0 Å². The average molecular weight is 513 g/mol. The molecule has 0 saturated carbocycles. The van der Waals surface area contributed by atoms with E-state index in [2.05, 4.69) is 9.97 Å². The van der Waals surface area contributed by atoms with Crippen molar-refractivity contribution in [2.45, 2.75) is 23.8 Å². The number of carbonyl (C=O) groups is 1. The zero-order valence-electron chi connectivity index (χ0n) is 18.5. The molecule has 2 unspecified atom stereocenters. The van der Waals surface area contributed by atoms with Crippen LogP contribution in [0.25, 0.3) is 22.4 Å². The molecule has 10 heteroatoms. The number of nitrogens with two attached hydrogens (primary N) is 1. The second-order valence-electron chi connectivity index (χ2n) is 8.55. The Morgan fingerprint density at radius 2 is 1.86 bits per heavy atom. The van der Waals surface area contributed by atoms with Gasteiger partial charge in [0.25, 0.3) is 0 Å². The summed E-state index contributed by atoms with van der Waals surface area (Å²) in [5, 5.41) is 0.447. The van der Waals surface area contributed by atoms with Crippen molar-refractivity contribution < 1.29 is 17.6 Å². The molecular weight excluding hydrogens is 491 g/mol. The largest absolute Gasteiger partial charge is 0.369 e. The summed E-state index contributed by atoms with van der Waals surface area (Å²) < 4.78 is 41.9. The molecule has 7 nitrogen and oxygen atoms in total. The lowest BCUT2D eigenvalue weighted by Crippen LogP contribution is -2.43. The third-order valence-electron chi connectivity index (χ3n) is 6.40. The number of aromatic amines is 1. The molecule has 5 rings (SSSR count). The van der Waals surface area contributed by atoms with Gasteiger partial charge in [-0.15, -0.1) is 0 Å². The van der Waals surface area contributed by atoms with Crippen molar-refractivity contribution in [2.24, 2.45) is 11.7 Å². The number of primary amides is 1. The van der Waals surface area contributed by atoms with Crippen molar-refractivity contribution in [1.82, 2.24) is 14.3 Å². The van der Waals surface area contributed by atoms with E-state index in [-0.39, 0.29) is 17.9 Å². The van der Waals surface area contributed by atoms with Gasteiger partial charge in [-0.2, -0.15) is 4.31 Å². The zero-order valence-corrected chi connectivity index (χ0v) is 20.1. The fourth-order valence-electron chi connectivity index (χ4n) is 4.55. The van der Waals surface area contributed by atoms with Gasteiger partial charge >= 0.3 is 0 Å². The second kappa shape index (κ2) is 9.07. The molecule has 180 valence electrons. The fraction of sp³-hybridized carbons (Fsp3) is 0.200. The Morgan fingerprint density at radius 3 is 2.57 bits per heavy atom. The number of para-hydroxylation sites is 2. The van der Waals surface area contributed by atoms with Crippen LogP contribution in [0.1, 0.15) is 24.4 Å². The molecule has 35 heavy (non-hydrogen) atoms. The topological polar surface area (TPSA) is 109 Å². The third kappa shape index (κ3) is 4.42. The van der Waals surface area contributed by atoms with Crippen molar-refractivity contribution in [3.63, 3.8) is 0 Å². The van der Waals surface area contributed by atoms with Crippen LogP contribution in [0.15, 0.2) is 71.6 Å². The highest BCUT2D eigenvalue weighted by atomic mass is 35.5. The number of rotatable bonds is 5. The number of amides is 1. The Labute approximate surface area is 206 Å². The number of hydrogen-bond donors (Lipinski definition) is 2. The van der Waals surface area contributed by atoms with Crippen molar-refractivity contribution >= 4 is 38.6 Å². The maximum absolute atomic E-state index is 13.5. The highest BCUT2D eigenvalue weighted by Gasteiger charge is 2.39. The number of sulfonamides is 1. The van der Waals surface area contributed by atoms with E-state index in [0.29, 0.717) is 28.4 Å². The van der Waals surface area contributed by atoms with Gasteiger partial charge in [0.05, 0.1) is 27.0 Å². The molecule has 0 spiro atoms. The maximum Gasteiger partial charge on any atom is 0.243 e. The van der Waals surface area contributed by atoms with E-state index in [4.69, 9.17) is 17.3 Å². The smallest absolute Gasteiger partial charge is 0.243 e. The monoisotopic (exact) mass is 512 g/mol. The van der Waals surface area contributed by atoms with Crippen LogP contribution in [0.4, 0.5) is 4.39 Å². The van der Waals surface area contributed by atoms with Crippen molar-refractivity contribution in [1.29, 1.82) is 0 Å². The molecule has 1 aliphatic heterocycles. The first-order valence-corrected chi connectivity index (χ1v) is 12.9. The van der Waals surface area contributed by atoms with Gasteiger partial charge in [-0.1, -0.05) is 29.8 Å². The standard InChI is InChI=1S/C25H22ClFN4O3S/c26-20-10-5-15(13-19(20)25-29-21-3-1-2-4-22(21)30-25)23-14-16(24(28)32)11-12-31(23)35(33,34)18-8-6-17(27)7-9-18/h1-10,13,16,23H,11-12,14H2,(H2,28,32)(H,29,30). The number of imidazole rings is 1. The number of benzene rings is 3. The molecule has 1 saturated heterocycles. The van der Waals surface area contributed by atoms with E-state index in [1.54, 1.807) is 18.2 Å². The fourth-order valence-corrected chi connectivity index (χ4v) is 6.39. The molecule has 3 aromatic carbocycles. The first-order chi connectivity index (χ1) is 16.7. The summed E-state index contributed by atoms with van der Waals surface area (Å²) >= 11 is 6.51. The number of carbonyl (C=O) groups excluding carboxylic acids is 1. The van der Waals surface area contributed by atoms with Crippen molar-refractivity contribution in [2.75, 3.05) is 6.54 Å². The number of H-pyrrole nitrogens is 1. The molecule has 0 bridgehead atoms. The van der Waals surface area contributed by atoms with Gasteiger partial charge in [-0.3, -0.25) is 4.79 Å². The minimum atomic E-state index is -3.98. The number of nitrogens with one attached hydrogen (secondary N) is 1. The molecule has 0 radical (unpaired) electrons.